The molecule has 1 atom stereocenters. The van der Waals surface area contributed by atoms with E-state index in [-0.39, 0.29) is 6.04 Å². The van der Waals surface area contributed by atoms with E-state index in [4.69, 9.17) is 39.5 Å². The first-order valence-corrected chi connectivity index (χ1v) is 7.57. The number of nitrogens with one attached hydrogen (secondary N) is 1. The average molecular weight is 325 g/mol. The maximum Gasteiger partial charge on any atom is 0.0781 e. The van der Waals surface area contributed by atoms with Gasteiger partial charge in [-0.05, 0) is 44.4 Å². The molecule has 1 rings (SSSR count). The number of methoxy groups -OCH3 is 1. The summed E-state index contributed by atoms with van der Waals surface area (Å²) >= 11 is 18.2. The van der Waals surface area contributed by atoms with Crippen molar-refractivity contribution in [3.05, 3.63) is 32.8 Å². The monoisotopic (exact) mass is 323 g/mol. The van der Waals surface area contributed by atoms with Crippen LogP contribution in [0.3, 0.4) is 0 Å². The number of benzene rings is 1. The normalized spacial score (nSPS) is 12.7. The Kier molecular flexibility index (Phi) is 8.12. The molecule has 1 unspecified atom stereocenters. The van der Waals surface area contributed by atoms with Gasteiger partial charge in [0.25, 0.3) is 0 Å². The first-order chi connectivity index (χ1) is 9.07. The molecule has 5 heteroatoms. The lowest BCUT2D eigenvalue weighted by Crippen LogP contribution is -2.20. The summed E-state index contributed by atoms with van der Waals surface area (Å²) in [5, 5.41) is 4.89. The van der Waals surface area contributed by atoms with Gasteiger partial charge in [0.1, 0.15) is 0 Å². The van der Waals surface area contributed by atoms with Crippen LogP contribution in [-0.4, -0.2) is 20.3 Å². The second-order valence-corrected chi connectivity index (χ2v) is 5.66. The summed E-state index contributed by atoms with van der Waals surface area (Å²) in [4.78, 5) is 0. The van der Waals surface area contributed by atoms with E-state index in [1.165, 1.54) is 0 Å². The Bertz CT molecular complexity index is 399. The van der Waals surface area contributed by atoms with Crippen LogP contribution in [-0.2, 0) is 4.74 Å². The fraction of sp³-hybridized carbons (Fsp3) is 0.571. The maximum atomic E-state index is 6.20. The molecule has 0 spiro atoms. The lowest BCUT2D eigenvalue weighted by atomic mass is 10.1. The first-order valence-electron chi connectivity index (χ1n) is 6.43. The molecule has 0 saturated carbocycles. The van der Waals surface area contributed by atoms with E-state index in [9.17, 15) is 0 Å². The predicted molar refractivity (Wildman–Crippen MR) is 83.6 cm³/mol. The van der Waals surface area contributed by atoms with Crippen molar-refractivity contribution in [2.24, 2.45) is 0 Å². The first kappa shape index (κ1) is 17.1. The molecule has 0 bridgehead atoms. The molecule has 108 valence electrons. The van der Waals surface area contributed by atoms with Crippen molar-refractivity contribution in [3.8, 4) is 0 Å². The summed E-state index contributed by atoms with van der Waals surface area (Å²) in [7, 11) is 1.73. The molecule has 0 fully saturated rings. The minimum absolute atomic E-state index is 0.157. The van der Waals surface area contributed by atoms with Crippen LogP contribution in [0.4, 0.5) is 0 Å². The summed E-state index contributed by atoms with van der Waals surface area (Å²) in [6.07, 6.45) is 3.37. The lowest BCUT2D eigenvalue weighted by molar-refractivity contribution is 0.192. The molecule has 0 aliphatic heterocycles. The van der Waals surface area contributed by atoms with Crippen molar-refractivity contribution in [2.75, 3.05) is 20.3 Å². The van der Waals surface area contributed by atoms with Crippen molar-refractivity contribution < 1.29 is 4.74 Å². The van der Waals surface area contributed by atoms with Gasteiger partial charge in [-0.1, -0.05) is 40.9 Å². The van der Waals surface area contributed by atoms with Crippen LogP contribution in [0.1, 0.15) is 37.8 Å². The summed E-state index contributed by atoms with van der Waals surface area (Å²) in [5.74, 6) is 0. The zero-order valence-corrected chi connectivity index (χ0v) is 13.6. The molecular formula is C14H20Cl3NO. The third-order valence-corrected chi connectivity index (χ3v) is 4.32. The van der Waals surface area contributed by atoms with Crippen molar-refractivity contribution >= 4 is 34.8 Å². The van der Waals surface area contributed by atoms with Crippen molar-refractivity contribution in [1.82, 2.24) is 5.32 Å². The summed E-state index contributed by atoms with van der Waals surface area (Å²) in [6, 6.07) is 3.85. The number of hydrogen-bond acceptors (Lipinski definition) is 2. The zero-order chi connectivity index (χ0) is 14.3. The Morgan fingerprint density at radius 1 is 1.11 bits per heavy atom. The quantitative estimate of drug-likeness (QED) is 0.529. The van der Waals surface area contributed by atoms with Crippen molar-refractivity contribution in [2.45, 2.75) is 32.2 Å². The second-order valence-electron chi connectivity index (χ2n) is 4.49. The SMILES string of the molecule is COCCCCCNC(C)c1ccc(Cl)c(Cl)c1Cl. The van der Waals surface area contributed by atoms with Gasteiger partial charge in [0.2, 0.25) is 0 Å². The van der Waals surface area contributed by atoms with E-state index in [2.05, 4.69) is 12.2 Å². The minimum Gasteiger partial charge on any atom is -0.385 e. The van der Waals surface area contributed by atoms with Gasteiger partial charge in [0.15, 0.2) is 0 Å². The van der Waals surface area contributed by atoms with Gasteiger partial charge in [-0.15, -0.1) is 0 Å². The Labute approximate surface area is 130 Å². The van der Waals surface area contributed by atoms with Gasteiger partial charge in [-0.25, -0.2) is 0 Å². The van der Waals surface area contributed by atoms with Gasteiger partial charge in [-0.2, -0.15) is 0 Å². The van der Waals surface area contributed by atoms with Crippen LogP contribution in [0.5, 0.6) is 0 Å². The fourth-order valence-corrected chi connectivity index (χ4v) is 2.56. The number of hydrogen-bond donors (Lipinski definition) is 1. The van der Waals surface area contributed by atoms with Gasteiger partial charge in [-0.3, -0.25) is 0 Å². The minimum atomic E-state index is 0.157. The summed E-state index contributed by atoms with van der Waals surface area (Å²) in [5.41, 5.74) is 0.980. The number of unbranched alkanes of at least 4 members (excludes halogenated alkanes) is 2. The Morgan fingerprint density at radius 3 is 2.53 bits per heavy atom. The smallest absolute Gasteiger partial charge is 0.0781 e. The third-order valence-electron chi connectivity index (χ3n) is 3.01. The van der Waals surface area contributed by atoms with E-state index in [1.807, 2.05) is 6.07 Å². The van der Waals surface area contributed by atoms with Gasteiger partial charge >= 0.3 is 0 Å². The topological polar surface area (TPSA) is 21.3 Å². The predicted octanol–water partition coefficient (Wildman–Crippen LogP) is 5.11. The van der Waals surface area contributed by atoms with Crippen molar-refractivity contribution in [3.63, 3.8) is 0 Å². The molecule has 0 amide bonds. The van der Waals surface area contributed by atoms with E-state index >= 15 is 0 Å². The Balaban J connectivity index is 2.41. The Morgan fingerprint density at radius 2 is 1.84 bits per heavy atom. The second kappa shape index (κ2) is 9.04. The highest BCUT2D eigenvalue weighted by atomic mass is 35.5. The highest BCUT2D eigenvalue weighted by molar-refractivity contribution is 6.48. The molecule has 0 radical (unpaired) electrons. The van der Waals surface area contributed by atoms with Crippen LogP contribution >= 0.6 is 34.8 Å². The number of halogens is 3. The molecule has 0 aliphatic rings. The number of rotatable bonds is 8. The highest BCUT2D eigenvalue weighted by Crippen LogP contribution is 2.35. The van der Waals surface area contributed by atoms with E-state index in [0.29, 0.717) is 15.1 Å². The van der Waals surface area contributed by atoms with Gasteiger partial charge in [0.05, 0.1) is 15.1 Å². The fourth-order valence-electron chi connectivity index (χ4n) is 1.85. The van der Waals surface area contributed by atoms with E-state index in [1.54, 1.807) is 13.2 Å². The lowest BCUT2D eigenvalue weighted by Gasteiger charge is -2.16. The largest absolute Gasteiger partial charge is 0.385 e. The molecule has 1 N–H and O–H groups in total. The van der Waals surface area contributed by atoms with E-state index in [0.717, 1.165) is 38.0 Å². The van der Waals surface area contributed by atoms with E-state index < -0.39 is 0 Å². The maximum absolute atomic E-state index is 6.20. The van der Waals surface area contributed by atoms with Gasteiger partial charge < -0.3 is 10.1 Å². The van der Waals surface area contributed by atoms with Crippen LogP contribution in [0.25, 0.3) is 0 Å². The van der Waals surface area contributed by atoms with Gasteiger partial charge in [0, 0.05) is 19.8 Å². The number of ether oxygens (including phenoxy) is 1. The summed E-state index contributed by atoms with van der Waals surface area (Å²) < 4.78 is 5.01. The molecule has 0 saturated heterocycles. The average Bonchev–Trinajstić information content (AvgIpc) is 2.40. The molecule has 1 aromatic rings. The highest BCUT2D eigenvalue weighted by Gasteiger charge is 2.13. The van der Waals surface area contributed by atoms with Crippen molar-refractivity contribution in [1.29, 1.82) is 0 Å². The molecule has 0 aliphatic carbocycles. The van der Waals surface area contributed by atoms with Crippen LogP contribution in [0, 0.1) is 0 Å². The molecule has 1 aromatic carbocycles. The molecule has 0 heterocycles. The molecule has 19 heavy (non-hydrogen) atoms. The van der Waals surface area contributed by atoms with Crippen LogP contribution < -0.4 is 5.32 Å². The molecule has 2 nitrogen and oxygen atoms in total. The zero-order valence-electron chi connectivity index (χ0n) is 11.3. The third kappa shape index (κ3) is 5.49. The van der Waals surface area contributed by atoms with Crippen LogP contribution in [0.15, 0.2) is 12.1 Å². The molecular weight excluding hydrogens is 305 g/mol. The standard InChI is InChI=1S/C14H20Cl3NO/c1-10(18-8-4-3-5-9-19-2)11-6-7-12(15)14(17)13(11)16/h6-7,10,18H,3-5,8-9H2,1-2H3. The van der Waals surface area contributed by atoms with Crippen LogP contribution in [0.2, 0.25) is 15.1 Å². The molecule has 0 aromatic heterocycles. The Hall–Kier alpha value is 0.01000. The summed E-state index contributed by atoms with van der Waals surface area (Å²) in [6.45, 7) is 3.84.